The first-order valence-corrected chi connectivity index (χ1v) is 3.69. The van der Waals surface area contributed by atoms with Crippen molar-refractivity contribution >= 4 is 0 Å². The van der Waals surface area contributed by atoms with E-state index in [1.54, 1.807) is 0 Å². The van der Waals surface area contributed by atoms with Crippen molar-refractivity contribution in [3.05, 3.63) is 0 Å². The molecule has 0 saturated carbocycles. The average Bonchev–Trinajstić information content (AvgIpc) is 2.41. The zero-order valence-electron chi connectivity index (χ0n) is 6.10. The Hall–Kier alpha value is -0.160. The Kier molecular flexibility index (Phi) is 3.67. The molecule has 0 radical (unpaired) electrons. The highest BCUT2D eigenvalue weighted by atomic mass is 16.5. The first-order valence-electron chi connectivity index (χ1n) is 3.69. The molecule has 10 heavy (non-hydrogen) atoms. The van der Waals surface area contributed by atoms with Gasteiger partial charge >= 0.3 is 0 Å². The van der Waals surface area contributed by atoms with E-state index < -0.39 is 0 Å². The fourth-order valence-corrected chi connectivity index (χ4v) is 1.11. The fraction of sp³-hybridized carbons (Fsp3) is 1.00. The molecule has 0 amide bonds. The first-order chi connectivity index (χ1) is 4.93. The Morgan fingerprint density at radius 3 is 3.10 bits per heavy atom. The largest absolute Gasteiger partial charge is 0.377 e. The normalized spacial score (nSPS) is 25.5. The quantitative estimate of drug-likeness (QED) is 0.209. The SMILES string of the molecule is NNCNCC1CCCO1. The molecule has 0 aromatic rings. The summed E-state index contributed by atoms with van der Waals surface area (Å²) in [4.78, 5) is 0. The van der Waals surface area contributed by atoms with Gasteiger partial charge in [-0.25, -0.2) is 5.43 Å². The molecule has 1 unspecified atom stereocenters. The number of hydrogen-bond donors (Lipinski definition) is 3. The molecule has 0 aliphatic carbocycles. The van der Waals surface area contributed by atoms with Crippen LogP contribution in [-0.4, -0.2) is 25.9 Å². The van der Waals surface area contributed by atoms with Gasteiger partial charge < -0.3 is 10.1 Å². The van der Waals surface area contributed by atoms with Crippen LogP contribution < -0.4 is 16.6 Å². The van der Waals surface area contributed by atoms with E-state index in [-0.39, 0.29) is 0 Å². The van der Waals surface area contributed by atoms with Crippen molar-refractivity contribution in [1.29, 1.82) is 0 Å². The van der Waals surface area contributed by atoms with Crippen LogP contribution in [0.1, 0.15) is 12.8 Å². The van der Waals surface area contributed by atoms with Crippen LogP contribution in [0.4, 0.5) is 0 Å². The van der Waals surface area contributed by atoms with Crippen molar-refractivity contribution < 1.29 is 4.74 Å². The number of ether oxygens (including phenoxy) is 1. The Morgan fingerprint density at radius 2 is 2.50 bits per heavy atom. The van der Waals surface area contributed by atoms with E-state index in [9.17, 15) is 0 Å². The lowest BCUT2D eigenvalue weighted by molar-refractivity contribution is 0.110. The number of hydrogen-bond acceptors (Lipinski definition) is 4. The van der Waals surface area contributed by atoms with Crippen molar-refractivity contribution in [2.75, 3.05) is 19.8 Å². The van der Waals surface area contributed by atoms with Gasteiger partial charge in [0, 0.05) is 13.2 Å². The van der Waals surface area contributed by atoms with Crippen molar-refractivity contribution in [1.82, 2.24) is 10.7 Å². The van der Waals surface area contributed by atoms with E-state index in [1.807, 2.05) is 0 Å². The van der Waals surface area contributed by atoms with Crippen LogP contribution in [-0.2, 0) is 4.74 Å². The van der Waals surface area contributed by atoms with E-state index >= 15 is 0 Å². The van der Waals surface area contributed by atoms with Gasteiger partial charge in [0.15, 0.2) is 0 Å². The van der Waals surface area contributed by atoms with Gasteiger partial charge in [0.1, 0.15) is 0 Å². The molecule has 4 nitrogen and oxygen atoms in total. The van der Waals surface area contributed by atoms with E-state index in [0.29, 0.717) is 12.8 Å². The number of rotatable bonds is 4. The van der Waals surface area contributed by atoms with Crippen LogP contribution >= 0.6 is 0 Å². The monoisotopic (exact) mass is 145 g/mol. The summed E-state index contributed by atoms with van der Waals surface area (Å²) in [6.45, 7) is 2.48. The summed E-state index contributed by atoms with van der Waals surface area (Å²) in [5.74, 6) is 5.06. The molecule has 0 aromatic heterocycles. The average molecular weight is 145 g/mol. The maximum absolute atomic E-state index is 5.37. The van der Waals surface area contributed by atoms with Gasteiger partial charge in [0.2, 0.25) is 0 Å². The second-order valence-corrected chi connectivity index (χ2v) is 2.47. The zero-order chi connectivity index (χ0) is 7.23. The molecule has 1 aliphatic rings. The van der Waals surface area contributed by atoms with E-state index in [1.165, 1.54) is 12.8 Å². The van der Waals surface area contributed by atoms with Crippen molar-refractivity contribution in [3.8, 4) is 0 Å². The smallest absolute Gasteiger partial charge is 0.0700 e. The van der Waals surface area contributed by atoms with Gasteiger partial charge in [-0.05, 0) is 12.8 Å². The van der Waals surface area contributed by atoms with Crippen LogP contribution in [0.5, 0.6) is 0 Å². The maximum Gasteiger partial charge on any atom is 0.0700 e. The minimum atomic E-state index is 0.411. The second kappa shape index (κ2) is 4.62. The molecule has 0 spiro atoms. The summed E-state index contributed by atoms with van der Waals surface area (Å²) in [5.41, 5.74) is 2.52. The molecule has 4 heteroatoms. The van der Waals surface area contributed by atoms with Crippen LogP contribution in [0, 0.1) is 0 Å². The van der Waals surface area contributed by atoms with E-state index in [2.05, 4.69) is 10.7 Å². The summed E-state index contributed by atoms with van der Waals surface area (Å²) in [7, 11) is 0. The van der Waals surface area contributed by atoms with E-state index in [4.69, 9.17) is 10.6 Å². The van der Waals surface area contributed by atoms with Gasteiger partial charge in [0.25, 0.3) is 0 Å². The Labute approximate surface area is 61.1 Å². The molecular weight excluding hydrogens is 130 g/mol. The van der Waals surface area contributed by atoms with E-state index in [0.717, 1.165) is 13.2 Å². The second-order valence-electron chi connectivity index (χ2n) is 2.47. The molecule has 4 N–H and O–H groups in total. The lowest BCUT2D eigenvalue weighted by Gasteiger charge is -2.09. The van der Waals surface area contributed by atoms with Crippen molar-refractivity contribution in [2.45, 2.75) is 18.9 Å². The molecule has 1 atom stereocenters. The minimum Gasteiger partial charge on any atom is -0.377 e. The highest BCUT2D eigenvalue weighted by Crippen LogP contribution is 2.09. The Morgan fingerprint density at radius 1 is 1.60 bits per heavy atom. The fourth-order valence-electron chi connectivity index (χ4n) is 1.11. The summed E-state index contributed by atoms with van der Waals surface area (Å²) < 4.78 is 5.37. The summed E-state index contributed by atoms with van der Waals surface area (Å²) in [6.07, 6.45) is 2.79. The van der Waals surface area contributed by atoms with Gasteiger partial charge in [-0.2, -0.15) is 0 Å². The predicted molar refractivity (Wildman–Crippen MR) is 39.2 cm³/mol. The maximum atomic E-state index is 5.37. The minimum absolute atomic E-state index is 0.411. The summed E-state index contributed by atoms with van der Waals surface area (Å²) >= 11 is 0. The number of nitrogens with two attached hydrogens (primary N) is 1. The van der Waals surface area contributed by atoms with Gasteiger partial charge in [0.05, 0.1) is 12.8 Å². The summed E-state index contributed by atoms with van der Waals surface area (Å²) in [6, 6.07) is 0. The third-order valence-electron chi connectivity index (χ3n) is 1.62. The van der Waals surface area contributed by atoms with Crippen molar-refractivity contribution in [3.63, 3.8) is 0 Å². The van der Waals surface area contributed by atoms with Crippen molar-refractivity contribution in [2.24, 2.45) is 5.84 Å². The Bertz CT molecular complexity index is 83.1. The molecule has 1 heterocycles. The standard InChI is InChI=1S/C6H15N3O/c7-9-5-8-4-6-2-1-3-10-6/h6,8-9H,1-5,7H2. The van der Waals surface area contributed by atoms with Gasteiger partial charge in [-0.15, -0.1) is 0 Å². The molecule has 60 valence electrons. The van der Waals surface area contributed by atoms with Gasteiger partial charge in [-0.3, -0.25) is 5.84 Å². The summed E-state index contributed by atoms with van der Waals surface area (Å²) in [5, 5.41) is 3.12. The molecule has 1 saturated heterocycles. The number of hydrazine groups is 1. The molecular formula is C6H15N3O. The lowest BCUT2D eigenvalue weighted by Crippen LogP contribution is -2.37. The lowest BCUT2D eigenvalue weighted by atomic mass is 10.2. The van der Waals surface area contributed by atoms with Crippen LogP contribution in [0.15, 0.2) is 0 Å². The number of nitrogens with one attached hydrogen (secondary N) is 2. The van der Waals surface area contributed by atoms with Gasteiger partial charge in [-0.1, -0.05) is 0 Å². The first kappa shape index (κ1) is 7.94. The third kappa shape index (κ3) is 2.62. The third-order valence-corrected chi connectivity index (χ3v) is 1.62. The molecule has 0 bridgehead atoms. The van der Waals surface area contributed by atoms with Crippen LogP contribution in [0.3, 0.4) is 0 Å². The molecule has 1 rings (SSSR count). The highest BCUT2D eigenvalue weighted by molar-refractivity contribution is 4.66. The topological polar surface area (TPSA) is 59.3 Å². The van der Waals surface area contributed by atoms with Crippen LogP contribution in [0.2, 0.25) is 0 Å². The predicted octanol–water partition coefficient (Wildman–Crippen LogP) is -0.824. The zero-order valence-corrected chi connectivity index (χ0v) is 6.10. The molecule has 1 fully saturated rings. The molecule has 0 aromatic carbocycles. The highest BCUT2D eigenvalue weighted by Gasteiger charge is 2.13. The van der Waals surface area contributed by atoms with Crippen LogP contribution in [0.25, 0.3) is 0 Å². The Balaban J connectivity index is 1.91. The molecule has 1 aliphatic heterocycles.